The lowest BCUT2D eigenvalue weighted by Crippen LogP contribution is -2.25. The third-order valence-electron chi connectivity index (χ3n) is 3.34. The van der Waals surface area contributed by atoms with Gasteiger partial charge in [0.2, 0.25) is 0 Å². The summed E-state index contributed by atoms with van der Waals surface area (Å²) in [4.78, 5) is 0. The molecule has 0 bridgehead atoms. The second-order valence-electron chi connectivity index (χ2n) is 4.90. The Bertz CT molecular complexity index is 424. The van der Waals surface area contributed by atoms with E-state index in [9.17, 15) is 5.11 Å². The van der Waals surface area contributed by atoms with Crippen LogP contribution in [-0.2, 0) is 0 Å². The highest BCUT2D eigenvalue weighted by Crippen LogP contribution is 2.14. The molecule has 2 rings (SSSR count). The van der Waals surface area contributed by atoms with Crippen LogP contribution in [0.5, 0.6) is 0 Å². The van der Waals surface area contributed by atoms with Crippen LogP contribution in [0.3, 0.4) is 0 Å². The van der Waals surface area contributed by atoms with Crippen molar-refractivity contribution in [3.8, 4) is 0 Å². The zero-order chi connectivity index (χ0) is 13.5. The predicted octanol–water partition coefficient (Wildman–Crippen LogP) is 3.11. The van der Waals surface area contributed by atoms with Crippen LogP contribution < -0.4 is 5.32 Å². The molecule has 2 heteroatoms. The first-order valence-corrected chi connectivity index (χ1v) is 6.76. The number of nitrogens with one attached hydrogen (secondary N) is 1. The summed E-state index contributed by atoms with van der Waals surface area (Å²) in [7, 11) is 0. The minimum Gasteiger partial charge on any atom is -0.387 e. The van der Waals surface area contributed by atoms with Gasteiger partial charge in [-0.05, 0) is 17.0 Å². The predicted molar refractivity (Wildman–Crippen MR) is 79.1 cm³/mol. The molecule has 2 N–H and O–H groups in total. The molecule has 0 aliphatic rings. The zero-order valence-corrected chi connectivity index (χ0v) is 11.3. The van der Waals surface area contributed by atoms with Crippen molar-refractivity contribution >= 4 is 0 Å². The van der Waals surface area contributed by atoms with Gasteiger partial charge in [-0.2, -0.15) is 0 Å². The van der Waals surface area contributed by atoms with Gasteiger partial charge in [-0.25, -0.2) is 0 Å². The maximum absolute atomic E-state index is 10.0. The van der Waals surface area contributed by atoms with Crippen molar-refractivity contribution in [3.05, 3.63) is 71.8 Å². The summed E-state index contributed by atoms with van der Waals surface area (Å²) in [6, 6.07) is 20.2. The number of hydrogen-bond donors (Lipinski definition) is 2. The van der Waals surface area contributed by atoms with E-state index in [2.05, 4.69) is 36.5 Å². The van der Waals surface area contributed by atoms with E-state index < -0.39 is 6.10 Å². The normalized spacial score (nSPS) is 14.0. The first kappa shape index (κ1) is 13.8. The molecule has 0 heterocycles. The zero-order valence-electron chi connectivity index (χ0n) is 11.3. The van der Waals surface area contributed by atoms with E-state index in [1.54, 1.807) is 0 Å². The van der Waals surface area contributed by atoms with Crippen molar-refractivity contribution in [1.82, 2.24) is 5.32 Å². The van der Waals surface area contributed by atoms with Crippen molar-refractivity contribution in [2.45, 2.75) is 18.9 Å². The van der Waals surface area contributed by atoms with Crippen molar-refractivity contribution in [3.63, 3.8) is 0 Å². The minimum atomic E-state index is -0.441. The van der Waals surface area contributed by atoms with Crippen LogP contribution in [0.2, 0.25) is 0 Å². The molecular formula is C17H21NO. The second kappa shape index (κ2) is 7.07. The molecule has 0 aromatic heterocycles. The fourth-order valence-electron chi connectivity index (χ4n) is 2.13. The van der Waals surface area contributed by atoms with Crippen molar-refractivity contribution in [1.29, 1.82) is 0 Å². The van der Waals surface area contributed by atoms with Gasteiger partial charge >= 0.3 is 0 Å². The third-order valence-corrected chi connectivity index (χ3v) is 3.34. The molecule has 0 aliphatic heterocycles. The lowest BCUT2D eigenvalue weighted by Gasteiger charge is -2.16. The summed E-state index contributed by atoms with van der Waals surface area (Å²) < 4.78 is 0. The van der Waals surface area contributed by atoms with E-state index >= 15 is 0 Å². The lowest BCUT2D eigenvalue weighted by atomic mass is 10.0. The SMILES string of the molecule is C[C@@H](CNC[C@@H](O)c1ccccc1)c1ccccc1. The van der Waals surface area contributed by atoms with Crippen LogP contribution in [0.4, 0.5) is 0 Å². The maximum Gasteiger partial charge on any atom is 0.0914 e. The second-order valence-corrected chi connectivity index (χ2v) is 4.90. The molecular weight excluding hydrogens is 234 g/mol. The monoisotopic (exact) mass is 255 g/mol. The highest BCUT2D eigenvalue weighted by molar-refractivity contribution is 5.19. The van der Waals surface area contributed by atoms with Crippen LogP contribution in [0.1, 0.15) is 30.1 Å². The van der Waals surface area contributed by atoms with Gasteiger partial charge in [-0.15, -0.1) is 0 Å². The van der Waals surface area contributed by atoms with Crippen LogP contribution in [0, 0.1) is 0 Å². The molecule has 0 fully saturated rings. The van der Waals surface area contributed by atoms with Gasteiger partial charge in [-0.1, -0.05) is 67.6 Å². The van der Waals surface area contributed by atoms with Gasteiger partial charge in [-0.3, -0.25) is 0 Å². The smallest absolute Gasteiger partial charge is 0.0914 e. The van der Waals surface area contributed by atoms with Crippen LogP contribution in [-0.4, -0.2) is 18.2 Å². The molecule has 19 heavy (non-hydrogen) atoms. The summed E-state index contributed by atoms with van der Waals surface area (Å²) >= 11 is 0. The topological polar surface area (TPSA) is 32.3 Å². The van der Waals surface area contributed by atoms with Gasteiger partial charge in [0.15, 0.2) is 0 Å². The Morgan fingerprint density at radius 1 is 0.842 bits per heavy atom. The van der Waals surface area contributed by atoms with Gasteiger partial charge in [0.25, 0.3) is 0 Å². The number of aliphatic hydroxyl groups is 1. The molecule has 0 unspecified atom stereocenters. The molecule has 100 valence electrons. The number of benzene rings is 2. The number of aliphatic hydroxyl groups excluding tert-OH is 1. The molecule has 0 saturated heterocycles. The Morgan fingerprint density at radius 3 is 1.95 bits per heavy atom. The molecule has 0 amide bonds. The Balaban J connectivity index is 1.78. The Kier molecular flexibility index (Phi) is 5.13. The Morgan fingerprint density at radius 2 is 1.37 bits per heavy atom. The number of hydrogen-bond acceptors (Lipinski definition) is 2. The fourth-order valence-corrected chi connectivity index (χ4v) is 2.13. The van der Waals surface area contributed by atoms with Crippen molar-refractivity contribution in [2.24, 2.45) is 0 Å². The average molecular weight is 255 g/mol. The summed E-state index contributed by atoms with van der Waals surface area (Å²) in [5.41, 5.74) is 2.28. The van der Waals surface area contributed by atoms with Gasteiger partial charge in [0.1, 0.15) is 0 Å². The minimum absolute atomic E-state index is 0.441. The summed E-state index contributed by atoms with van der Waals surface area (Å²) in [5, 5.41) is 13.4. The molecule has 2 nitrogen and oxygen atoms in total. The Hall–Kier alpha value is -1.64. The quantitative estimate of drug-likeness (QED) is 0.831. The van der Waals surface area contributed by atoms with Gasteiger partial charge < -0.3 is 10.4 Å². The molecule has 2 aromatic rings. The molecule has 0 radical (unpaired) electrons. The average Bonchev–Trinajstić information content (AvgIpc) is 2.49. The van der Waals surface area contributed by atoms with E-state index in [1.165, 1.54) is 5.56 Å². The fraction of sp³-hybridized carbons (Fsp3) is 0.294. The molecule has 0 spiro atoms. The highest BCUT2D eigenvalue weighted by Gasteiger charge is 2.08. The van der Waals surface area contributed by atoms with Crippen LogP contribution in [0.15, 0.2) is 60.7 Å². The summed E-state index contributed by atoms with van der Waals surface area (Å²) in [5.74, 6) is 0.448. The van der Waals surface area contributed by atoms with Crippen LogP contribution >= 0.6 is 0 Å². The van der Waals surface area contributed by atoms with E-state index in [1.807, 2.05) is 36.4 Å². The third kappa shape index (κ3) is 4.19. The lowest BCUT2D eigenvalue weighted by molar-refractivity contribution is 0.174. The number of rotatable bonds is 6. The van der Waals surface area contributed by atoms with E-state index in [-0.39, 0.29) is 0 Å². The molecule has 2 atom stereocenters. The van der Waals surface area contributed by atoms with Crippen molar-refractivity contribution < 1.29 is 5.11 Å². The van der Waals surface area contributed by atoms with E-state index in [0.717, 1.165) is 12.1 Å². The van der Waals surface area contributed by atoms with E-state index in [4.69, 9.17) is 0 Å². The first-order valence-electron chi connectivity index (χ1n) is 6.76. The summed E-state index contributed by atoms with van der Waals surface area (Å²) in [6.07, 6.45) is -0.441. The first-order chi connectivity index (χ1) is 9.27. The standard InChI is InChI=1S/C17H21NO/c1-14(15-8-4-2-5-9-15)12-18-13-17(19)16-10-6-3-7-11-16/h2-11,14,17-19H,12-13H2,1H3/t14-,17+/m0/s1. The van der Waals surface area contributed by atoms with Gasteiger partial charge in [0, 0.05) is 13.1 Å². The maximum atomic E-state index is 10.0. The van der Waals surface area contributed by atoms with Gasteiger partial charge in [0.05, 0.1) is 6.10 Å². The molecule has 0 saturated carbocycles. The molecule has 2 aromatic carbocycles. The Labute approximate surface area is 115 Å². The van der Waals surface area contributed by atoms with E-state index in [0.29, 0.717) is 12.5 Å². The van der Waals surface area contributed by atoms with Crippen molar-refractivity contribution in [2.75, 3.05) is 13.1 Å². The highest BCUT2D eigenvalue weighted by atomic mass is 16.3. The summed E-state index contributed by atoms with van der Waals surface area (Å²) in [6.45, 7) is 3.65. The van der Waals surface area contributed by atoms with Crippen LogP contribution in [0.25, 0.3) is 0 Å². The molecule has 0 aliphatic carbocycles. The largest absolute Gasteiger partial charge is 0.387 e.